The first kappa shape index (κ1) is 12.5. The highest BCUT2D eigenvalue weighted by Crippen LogP contribution is 2.24. The minimum Gasteiger partial charge on any atom is -0.433 e. The highest BCUT2D eigenvalue weighted by molar-refractivity contribution is 5.94. The third-order valence-electron chi connectivity index (χ3n) is 3.22. The molecule has 0 spiro atoms. The van der Waals surface area contributed by atoms with Crippen LogP contribution in [0.2, 0.25) is 0 Å². The molecule has 1 aliphatic rings. The minimum atomic E-state index is -0.402. The summed E-state index contributed by atoms with van der Waals surface area (Å²) in [6, 6.07) is 17.6. The van der Waals surface area contributed by atoms with Gasteiger partial charge in [-0.25, -0.2) is 4.79 Å². The number of carbonyl (C=O) groups is 1. The molecule has 0 radical (unpaired) electrons. The van der Waals surface area contributed by atoms with E-state index in [0.717, 1.165) is 11.1 Å². The van der Waals surface area contributed by atoms with Crippen molar-refractivity contribution in [3.8, 4) is 0 Å². The Morgan fingerprint density at radius 2 is 1.75 bits per heavy atom. The second-order valence-electron chi connectivity index (χ2n) is 4.81. The van der Waals surface area contributed by atoms with Gasteiger partial charge in [0.2, 0.25) is 0 Å². The van der Waals surface area contributed by atoms with Crippen molar-refractivity contribution in [1.82, 2.24) is 5.32 Å². The smallest absolute Gasteiger partial charge is 0.356 e. The summed E-state index contributed by atoms with van der Waals surface area (Å²) in [5.74, 6) is -0.320. The van der Waals surface area contributed by atoms with Gasteiger partial charge in [-0.3, -0.25) is 0 Å². The maximum absolute atomic E-state index is 11.9. The van der Waals surface area contributed by atoms with Crippen LogP contribution in [-0.4, -0.2) is 5.97 Å². The molecule has 0 bridgehead atoms. The van der Waals surface area contributed by atoms with Gasteiger partial charge in [0, 0.05) is 5.56 Å². The zero-order chi connectivity index (χ0) is 13.9. The van der Waals surface area contributed by atoms with Crippen LogP contribution in [0.15, 0.2) is 60.3 Å². The SMILES string of the molecule is Cc1ccc(/C=C2/NC(c3ccccc3)OC2=O)cc1. The fourth-order valence-electron chi connectivity index (χ4n) is 2.11. The number of esters is 1. The lowest BCUT2D eigenvalue weighted by Crippen LogP contribution is -2.12. The Kier molecular flexibility index (Phi) is 3.25. The van der Waals surface area contributed by atoms with Gasteiger partial charge >= 0.3 is 5.97 Å². The molecule has 2 aromatic carbocycles. The van der Waals surface area contributed by atoms with Crippen LogP contribution in [0.1, 0.15) is 22.9 Å². The van der Waals surface area contributed by atoms with Crippen LogP contribution in [0.5, 0.6) is 0 Å². The molecular weight excluding hydrogens is 250 g/mol. The Hall–Kier alpha value is -2.55. The van der Waals surface area contributed by atoms with Gasteiger partial charge in [-0.1, -0.05) is 60.2 Å². The highest BCUT2D eigenvalue weighted by Gasteiger charge is 2.28. The van der Waals surface area contributed by atoms with Crippen molar-refractivity contribution in [3.63, 3.8) is 0 Å². The molecule has 1 aliphatic heterocycles. The summed E-state index contributed by atoms with van der Waals surface area (Å²) in [5, 5.41) is 3.11. The molecule has 2 aromatic rings. The Morgan fingerprint density at radius 3 is 2.45 bits per heavy atom. The Morgan fingerprint density at radius 1 is 1.05 bits per heavy atom. The lowest BCUT2D eigenvalue weighted by molar-refractivity contribution is -0.139. The number of cyclic esters (lactones) is 1. The van der Waals surface area contributed by atoms with Crippen molar-refractivity contribution in [1.29, 1.82) is 0 Å². The van der Waals surface area contributed by atoms with Gasteiger partial charge < -0.3 is 10.1 Å². The van der Waals surface area contributed by atoms with Crippen LogP contribution >= 0.6 is 0 Å². The number of nitrogens with one attached hydrogen (secondary N) is 1. The van der Waals surface area contributed by atoms with Crippen molar-refractivity contribution in [2.45, 2.75) is 13.2 Å². The van der Waals surface area contributed by atoms with E-state index >= 15 is 0 Å². The van der Waals surface area contributed by atoms with Gasteiger partial charge in [0.15, 0.2) is 6.23 Å². The number of hydrogen-bond acceptors (Lipinski definition) is 3. The van der Waals surface area contributed by atoms with E-state index < -0.39 is 6.23 Å². The van der Waals surface area contributed by atoms with Crippen LogP contribution < -0.4 is 5.32 Å². The zero-order valence-corrected chi connectivity index (χ0v) is 11.2. The Labute approximate surface area is 117 Å². The third-order valence-corrected chi connectivity index (χ3v) is 3.22. The number of hydrogen-bond donors (Lipinski definition) is 1. The molecule has 1 atom stereocenters. The van der Waals surface area contributed by atoms with Crippen LogP contribution in [0.3, 0.4) is 0 Å². The first-order chi connectivity index (χ1) is 9.72. The largest absolute Gasteiger partial charge is 0.433 e. The van der Waals surface area contributed by atoms with E-state index in [0.29, 0.717) is 5.70 Å². The monoisotopic (exact) mass is 265 g/mol. The van der Waals surface area contributed by atoms with E-state index in [1.165, 1.54) is 5.56 Å². The molecule has 1 saturated heterocycles. The van der Waals surface area contributed by atoms with E-state index in [9.17, 15) is 4.79 Å². The second kappa shape index (κ2) is 5.21. The summed E-state index contributed by atoms with van der Waals surface area (Å²) in [7, 11) is 0. The van der Waals surface area contributed by atoms with E-state index in [1.54, 1.807) is 0 Å². The molecule has 3 nitrogen and oxygen atoms in total. The molecule has 0 aliphatic carbocycles. The van der Waals surface area contributed by atoms with Gasteiger partial charge in [-0.15, -0.1) is 0 Å². The number of rotatable bonds is 2. The molecule has 20 heavy (non-hydrogen) atoms. The number of carbonyl (C=O) groups excluding carboxylic acids is 1. The number of benzene rings is 2. The molecule has 0 amide bonds. The van der Waals surface area contributed by atoms with Crippen molar-refractivity contribution < 1.29 is 9.53 Å². The van der Waals surface area contributed by atoms with Crippen LogP contribution in [0.25, 0.3) is 6.08 Å². The fourth-order valence-corrected chi connectivity index (χ4v) is 2.11. The molecule has 100 valence electrons. The van der Waals surface area contributed by atoms with Gasteiger partial charge in [-0.05, 0) is 18.6 Å². The average Bonchev–Trinajstić information content (AvgIpc) is 2.84. The summed E-state index contributed by atoms with van der Waals surface area (Å²) >= 11 is 0. The predicted octanol–water partition coefficient (Wildman–Crippen LogP) is 3.18. The lowest BCUT2D eigenvalue weighted by atomic mass is 10.1. The van der Waals surface area contributed by atoms with Crippen molar-refractivity contribution >= 4 is 12.0 Å². The van der Waals surface area contributed by atoms with Gasteiger partial charge in [-0.2, -0.15) is 0 Å². The molecule has 1 heterocycles. The molecule has 1 N–H and O–H groups in total. The molecular formula is C17H15NO2. The molecule has 1 unspecified atom stereocenters. The fraction of sp³-hybridized carbons (Fsp3) is 0.118. The van der Waals surface area contributed by atoms with Gasteiger partial charge in [0.1, 0.15) is 5.70 Å². The lowest BCUT2D eigenvalue weighted by Gasteiger charge is -2.08. The van der Waals surface area contributed by atoms with Crippen LogP contribution in [0, 0.1) is 6.92 Å². The highest BCUT2D eigenvalue weighted by atomic mass is 16.6. The maximum atomic E-state index is 11.9. The van der Waals surface area contributed by atoms with E-state index in [1.807, 2.05) is 67.6 Å². The minimum absolute atomic E-state index is 0.320. The number of ether oxygens (including phenoxy) is 1. The first-order valence-corrected chi connectivity index (χ1v) is 6.53. The predicted molar refractivity (Wildman–Crippen MR) is 77.6 cm³/mol. The summed E-state index contributed by atoms with van der Waals surface area (Å²) in [6.07, 6.45) is 1.41. The first-order valence-electron chi connectivity index (χ1n) is 6.53. The standard InChI is InChI=1S/C17H15NO2/c1-12-7-9-13(10-8-12)11-15-17(19)20-16(18-15)14-5-3-2-4-6-14/h2-11,16,18H,1H3/b15-11+. The quantitative estimate of drug-likeness (QED) is 0.669. The van der Waals surface area contributed by atoms with E-state index in [-0.39, 0.29) is 5.97 Å². The van der Waals surface area contributed by atoms with Crippen LogP contribution in [-0.2, 0) is 9.53 Å². The van der Waals surface area contributed by atoms with Crippen LogP contribution in [0.4, 0.5) is 0 Å². The molecule has 0 aromatic heterocycles. The maximum Gasteiger partial charge on any atom is 0.356 e. The Balaban J connectivity index is 1.82. The average molecular weight is 265 g/mol. The molecule has 3 rings (SSSR count). The summed E-state index contributed by atoms with van der Waals surface area (Å²) in [6.45, 7) is 2.03. The topological polar surface area (TPSA) is 38.3 Å². The molecule has 3 heteroatoms. The molecule has 1 fully saturated rings. The second-order valence-corrected chi connectivity index (χ2v) is 4.81. The van der Waals surface area contributed by atoms with E-state index in [2.05, 4.69) is 5.32 Å². The van der Waals surface area contributed by atoms with Crippen molar-refractivity contribution in [3.05, 3.63) is 77.0 Å². The Bertz CT molecular complexity index is 644. The van der Waals surface area contributed by atoms with Crippen molar-refractivity contribution in [2.75, 3.05) is 0 Å². The van der Waals surface area contributed by atoms with Gasteiger partial charge in [0.25, 0.3) is 0 Å². The summed E-state index contributed by atoms with van der Waals surface area (Å²) in [5.41, 5.74) is 3.59. The van der Waals surface area contributed by atoms with Crippen molar-refractivity contribution in [2.24, 2.45) is 0 Å². The number of aryl methyl sites for hydroxylation is 1. The third kappa shape index (κ3) is 2.57. The summed E-state index contributed by atoms with van der Waals surface area (Å²) < 4.78 is 5.34. The van der Waals surface area contributed by atoms with Gasteiger partial charge in [0.05, 0.1) is 0 Å². The molecule has 0 saturated carbocycles. The zero-order valence-electron chi connectivity index (χ0n) is 11.2. The summed E-state index contributed by atoms with van der Waals surface area (Å²) in [4.78, 5) is 11.9. The van der Waals surface area contributed by atoms with E-state index in [4.69, 9.17) is 4.74 Å². The normalized spacial score (nSPS) is 19.8.